The molecule has 0 unspecified atom stereocenters. The van der Waals surface area contributed by atoms with Gasteiger partial charge in [0.2, 0.25) is 0 Å². The zero-order chi connectivity index (χ0) is 39.6. The molecule has 2 aliphatic rings. The monoisotopic (exact) mass is 786 g/mol. The first kappa shape index (κ1) is 41.7. The molecular formula is C43H66N6O4Si2. The Balaban J connectivity index is 1.41. The third kappa shape index (κ3) is 9.77. The molecule has 1 saturated carbocycles. The number of anilines is 1. The van der Waals surface area contributed by atoms with Crippen LogP contribution in [0.25, 0.3) is 11.2 Å². The molecule has 12 heteroatoms. The van der Waals surface area contributed by atoms with Crippen LogP contribution in [0.5, 0.6) is 0 Å². The van der Waals surface area contributed by atoms with Crippen LogP contribution in [0.1, 0.15) is 83.5 Å². The van der Waals surface area contributed by atoms with E-state index in [9.17, 15) is 0 Å². The highest BCUT2D eigenvalue weighted by atomic mass is 28.4. The van der Waals surface area contributed by atoms with E-state index in [-0.39, 0.29) is 28.2 Å². The van der Waals surface area contributed by atoms with Gasteiger partial charge in [0.05, 0.1) is 12.9 Å². The maximum Gasteiger partial charge on any atom is 0.192 e. The van der Waals surface area contributed by atoms with Gasteiger partial charge in [0.1, 0.15) is 24.1 Å². The predicted octanol–water partition coefficient (Wildman–Crippen LogP) is 8.94. The van der Waals surface area contributed by atoms with Crippen LogP contribution >= 0.6 is 0 Å². The zero-order valence-electron chi connectivity index (χ0n) is 35.2. The summed E-state index contributed by atoms with van der Waals surface area (Å²) >= 11 is 0. The van der Waals surface area contributed by atoms with Crippen molar-refractivity contribution >= 4 is 33.6 Å². The topological polar surface area (TPSA) is 105 Å². The predicted molar refractivity (Wildman–Crippen MR) is 228 cm³/mol. The zero-order valence-corrected chi connectivity index (χ0v) is 37.2. The lowest BCUT2D eigenvalue weighted by Gasteiger charge is -2.44. The average Bonchev–Trinajstić information content (AvgIpc) is 3.78. The van der Waals surface area contributed by atoms with E-state index in [1.54, 1.807) is 7.11 Å². The molecule has 300 valence electrons. The van der Waals surface area contributed by atoms with Crippen molar-refractivity contribution < 1.29 is 18.3 Å². The summed E-state index contributed by atoms with van der Waals surface area (Å²) in [5, 5.41) is 7.36. The van der Waals surface area contributed by atoms with E-state index in [4.69, 9.17) is 33.3 Å². The normalized spacial score (nSPS) is 21.2. The van der Waals surface area contributed by atoms with Gasteiger partial charge in [-0.3, -0.25) is 4.57 Å². The van der Waals surface area contributed by atoms with E-state index in [1.807, 2.05) is 6.33 Å². The number of ether oxygens (including phenoxy) is 2. The Kier molecular flexibility index (Phi) is 12.8. The average molecular weight is 787 g/mol. The van der Waals surface area contributed by atoms with Crippen molar-refractivity contribution in [1.29, 1.82) is 0 Å². The van der Waals surface area contributed by atoms with Crippen molar-refractivity contribution in [3.8, 4) is 0 Å². The first-order valence-electron chi connectivity index (χ1n) is 20.3. The summed E-state index contributed by atoms with van der Waals surface area (Å²) in [6, 6.07) is 21.3. The molecule has 6 rings (SSSR count). The number of hydrogen-bond acceptors (Lipinski definition) is 9. The molecule has 2 aromatic heterocycles. The van der Waals surface area contributed by atoms with Crippen LogP contribution in [0.2, 0.25) is 36.3 Å². The van der Waals surface area contributed by atoms with Gasteiger partial charge >= 0.3 is 0 Å². The fraction of sp³-hybridized carbons (Fsp3) is 0.605. The third-order valence-electron chi connectivity index (χ3n) is 12.4. The Labute approximate surface area is 331 Å². The SMILES string of the molecule is COC[C@H]1O[C@@H](n2cnc3c(NCC(c4ccccc4)c4ccccc4)nc(CCNCC4CC4)nc32)[C@@H](O[Si](C)(C)C(C)(C)C)[C@@H]1O[Si](C)(C)C(C)(C)C. The summed E-state index contributed by atoms with van der Waals surface area (Å²) < 4.78 is 29.5. The van der Waals surface area contributed by atoms with Gasteiger partial charge < -0.3 is 29.0 Å². The van der Waals surface area contributed by atoms with Crippen molar-refractivity contribution in [2.75, 3.05) is 38.7 Å². The van der Waals surface area contributed by atoms with E-state index in [1.165, 1.54) is 24.0 Å². The van der Waals surface area contributed by atoms with Gasteiger partial charge in [0.25, 0.3) is 0 Å². The van der Waals surface area contributed by atoms with Crippen molar-refractivity contribution in [3.63, 3.8) is 0 Å². The molecule has 10 nitrogen and oxygen atoms in total. The fourth-order valence-electron chi connectivity index (χ4n) is 6.74. The summed E-state index contributed by atoms with van der Waals surface area (Å²) in [6.45, 7) is 25.7. The molecule has 4 atom stereocenters. The lowest BCUT2D eigenvalue weighted by molar-refractivity contribution is -0.0562. The third-order valence-corrected chi connectivity index (χ3v) is 21.3. The van der Waals surface area contributed by atoms with Crippen molar-refractivity contribution in [2.45, 2.75) is 128 Å². The second-order valence-electron chi connectivity index (χ2n) is 18.7. The summed E-state index contributed by atoms with van der Waals surface area (Å²) in [6.07, 6.45) is 3.59. The summed E-state index contributed by atoms with van der Waals surface area (Å²) in [5.41, 5.74) is 3.91. The van der Waals surface area contributed by atoms with Crippen LogP contribution in [0.3, 0.4) is 0 Å². The Bertz CT molecular complexity index is 1800. The molecule has 2 N–H and O–H groups in total. The maximum absolute atomic E-state index is 7.38. The minimum Gasteiger partial charge on any atom is -0.408 e. The number of benzene rings is 2. The Morgan fingerprint density at radius 3 is 1.96 bits per heavy atom. The number of aromatic nitrogens is 4. The van der Waals surface area contributed by atoms with Crippen molar-refractivity contribution in [2.24, 2.45) is 5.92 Å². The van der Waals surface area contributed by atoms with Gasteiger partial charge in [-0.15, -0.1) is 0 Å². The Morgan fingerprint density at radius 2 is 1.42 bits per heavy atom. The molecule has 0 amide bonds. The molecule has 1 aliphatic carbocycles. The first-order chi connectivity index (χ1) is 26.0. The van der Waals surface area contributed by atoms with Gasteiger partial charge in [-0.25, -0.2) is 15.0 Å². The number of fused-ring (bicyclic) bond motifs is 1. The van der Waals surface area contributed by atoms with E-state index in [2.05, 4.69) is 144 Å². The van der Waals surface area contributed by atoms with Crippen LogP contribution in [0.4, 0.5) is 5.82 Å². The first-order valence-corrected chi connectivity index (χ1v) is 26.1. The number of rotatable bonds is 17. The molecule has 1 aliphatic heterocycles. The number of methoxy groups -OCH3 is 1. The molecule has 0 bridgehead atoms. The van der Waals surface area contributed by atoms with E-state index in [0.29, 0.717) is 25.1 Å². The largest absolute Gasteiger partial charge is 0.408 e. The van der Waals surface area contributed by atoms with Crippen LogP contribution in [0, 0.1) is 5.92 Å². The molecule has 4 aromatic rings. The molecule has 1 saturated heterocycles. The van der Waals surface area contributed by atoms with Crippen LogP contribution in [-0.2, 0) is 24.7 Å². The maximum atomic E-state index is 7.38. The number of nitrogens with zero attached hydrogens (tertiary/aromatic N) is 4. The molecule has 0 spiro atoms. The van der Waals surface area contributed by atoms with Crippen LogP contribution < -0.4 is 10.6 Å². The van der Waals surface area contributed by atoms with E-state index in [0.717, 1.165) is 36.3 Å². The summed E-state index contributed by atoms with van der Waals surface area (Å²) in [7, 11) is -2.85. The highest BCUT2D eigenvalue weighted by Gasteiger charge is 2.54. The highest BCUT2D eigenvalue weighted by Crippen LogP contribution is 2.46. The highest BCUT2D eigenvalue weighted by molar-refractivity contribution is 6.74. The molecule has 2 aromatic carbocycles. The Hall–Kier alpha value is -2.98. The summed E-state index contributed by atoms with van der Waals surface area (Å²) in [4.78, 5) is 15.4. The van der Waals surface area contributed by atoms with Crippen molar-refractivity contribution in [3.05, 3.63) is 83.9 Å². The smallest absolute Gasteiger partial charge is 0.192 e. The lowest BCUT2D eigenvalue weighted by atomic mass is 9.91. The van der Waals surface area contributed by atoms with Gasteiger partial charge in [0.15, 0.2) is 39.8 Å². The van der Waals surface area contributed by atoms with Gasteiger partial charge in [-0.2, -0.15) is 0 Å². The Morgan fingerprint density at radius 1 is 0.836 bits per heavy atom. The van der Waals surface area contributed by atoms with E-state index >= 15 is 0 Å². The number of imidazole rings is 1. The van der Waals surface area contributed by atoms with Crippen molar-refractivity contribution in [1.82, 2.24) is 24.8 Å². The minimum atomic E-state index is -2.32. The molecular weight excluding hydrogens is 721 g/mol. The lowest BCUT2D eigenvalue weighted by Crippen LogP contribution is -2.54. The van der Waals surface area contributed by atoms with Gasteiger partial charge in [-0.1, -0.05) is 102 Å². The quantitative estimate of drug-likeness (QED) is 0.0802. The summed E-state index contributed by atoms with van der Waals surface area (Å²) in [5.74, 6) is 2.40. The van der Waals surface area contributed by atoms with Gasteiger partial charge in [-0.05, 0) is 72.7 Å². The van der Waals surface area contributed by atoms with Crippen LogP contribution in [-0.4, -0.2) is 87.8 Å². The molecule has 3 heterocycles. The fourth-order valence-corrected chi connectivity index (χ4v) is 9.35. The minimum absolute atomic E-state index is 0.000463. The van der Waals surface area contributed by atoms with E-state index < -0.39 is 29.0 Å². The number of hydrogen-bond donors (Lipinski definition) is 2. The second-order valence-corrected chi connectivity index (χ2v) is 28.2. The molecule has 55 heavy (non-hydrogen) atoms. The molecule has 2 fully saturated rings. The standard InChI is InChI=1S/C43H66N6O4Si2/c1-42(2,3)54(8,9)52-37-34(28-50-7)51-41(38(37)53-55(10,11)43(4,5)6)49-29-46-36-39(47-35(48-40(36)49)24-25-44-26-30-22-23-30)45-27-33(31-18-14-12-15-19-31)32-20-16-13-17-21-32/h12-21,29-30,33-34,37-38,41,44H,22-28H2,1-11H3,(H,45,47,48)/t34-,37-,38+,41-/m1/s1. The second kappa shape index (κ2) is 16.9. The number of nitrogens with one attached hydrogen (secondary N) is 2. The molecule has 0 radical (unpaired) electrons. The van der Waals surface area contributed by atoms with Gasteiger partial charge in [0, 0.05) is 32.5 Å². The van der Waals surface area contributed by atoms with Crippen LogP contribution in [0.15, 0.2) is 67.0 Å².